The Morgan fingerprint density at radius 2 is 2.05 bits per heavy atom. The van der Waals surface area contributed by atoms with Crippen molar-refractivity contribution in [3.8, 4) is 5.75 Å². The fraction of sp³-hybridized carbons (Fsp3) is 0.562. The third kappa shape index (κ3) is 5.87. The number of nitrogens with one attached hydrogen (secondary N) is 1. The van der Waals surface area contributed by atoms with Crippen molar-refractivity contribution in [3.05, 3.63) is 26.7 Å². The number of amides is 1. The van der Waals surface area contributed by atoms with Crippen LogP contribution in [-0.4, -0.2) is 19.1 Å². The molecular weight excluding hydrogens is 354 g/mol. The maximum atomic E-state index is 11.7. The summed E-state index contributed by atoms with van der Waals surface area (Å²) in [6, 6.07) is 1.84. The van der Waals surface area contributed by atoms with Crippen molar-refractivity contribution in [1.29, 1.82) is 0 Å². The number of carbonyl (C=O) groups excluding carboxylic acids is 1. The molecule has 0 saturated heterocycles. The second-order valence-electron chi connectivity index (χ2n) is 5.14. The van der Waals surface area contributed by atoms with E-state index in [1.807, 2.05) is 19.9 Å². The van der Waals surface area contributed by atoms with Crippen LogP contribution in [0.15, 0.2) is 10.5 Å². The van der Waals surface area contributed by atoms with Crippen LogP contribution in [0.5, 0.6) is 5.75 Å². The van der Waals surface area contributed by atoms with Gasteiger partial charge < -0.3 is 10.1 Å². The number of unbranched alkanes of at least 4 members (excludes halogenated alkanes) is 3. The first kappa shape index (κ1) is 18.3. The molecule has 21 heavy (non-hydrogen) atoms. The average Bonchev–Trinajstić information content (AvgIpc) is 2.47. The molecule has 0 bridgehead atoms. The van der Waals surface area contributed by atoms with Gasteiger partial charge in [0, 0.05) is 11.6 Å². The minimum Gasteiger partial charge on any atom is -0.483 e. The van der Waals surface area contributed by atoms with Crippen LogP contribution in [0.4, 0.5) is 0 Å². The number of benzene rings is 1. The number of hydrogen-bond donors (Lipinski definition) is 1. The smallest absolute Gasteiger partial charge is 0.257 e. The Balaban J connectivity index is 2.43. The van der Waals surface area contributed by atoms with E-state index in [1.54, 1.807) is 0 Å². The quantitative estimate of drug-likeness (QED) is 0.662. The zero-order valence-electron chi connectivity index (χ0n) is 12.9. The largest absolute Gasteiger partial charge is 0.483 e. The molecular formula is C16H23BrClNO2. The van der Waals surface area contributed by atoms with Gasteiger partial charge in [0.05, 0.1) is 4.47 Å². The van der Waals surface area contributed by atoms with Gasteiger partial charge in [0.25, 0.3) is 5.91 Å². The lowest BCUT2D eigenvalue weighted by Crippen LogP contribution is -2.29. The highest BCUT2D eigenvalue weighted by Crippen LogP contribution is 2.35. The van der Waals surface area contributed by atoms with E-state index in [0.717, 1.165) is 33.5 Å². The molecule has 0 aliphatic rings. The van der Waals surface area contributed by atoms with Crippen molar-refractivity contribution in [2.45, 2.75) is 46.5 Å². The van der Waals surface area contributed by atoms with Crippen molar-refractivity contribution in [1.82, 2.24) is 5.32 Å². The average molecular weight is 377 g/mol. The Bertz CT molecular complexity index is 492. The van der Waals surface area contributed by atoms with E-state index in [4.69, 9.17) is 16.3 Å². The summed E-state index contributed by atoms with van der Waals surface area (Å²) in [4.78, 5) is 11.7. The van der Waals surface area contributed by atoms with Gasteiger partial charge >= 0.3 is 0 Å². The number of halogens is 2. The normalized spacial score (nSPS) is 10.5. The van der Waals surface area contributed by atoms with Gasteiger partial charge in [-0.05, 0) is 53.4 Å². The van der Waals surface area contributed by atoms with Crippen LogP contribution < -0.4 is 10.1 Å². The van der Waals surface area contributed by atoms with E-state index in [-0.39, 0.29) is 12.5 Å². The molecule has 1 aromatic rings. The summed E-state index contributed by atoms with van der Waals surface area (Å²) in [5.41, 5.74) is 1.86. The van der Waals surface area contributed by atoms with Gasteiger partial charge in [0.1, 0.15) is 5.75 Å². The number of ether oxygens (including phenoxy) is 1. The Hall–Kier alpha value is -0.740. The molecule has 118 valence electrons. The van der Waals surface area contributed by atoms with Crippen molar-refractivity contribution in [3.63, 3.8) is 0 Å². The monoisotopic (exact) mass is 375 g/mol. The number of rotatable bonds is 8. The lowest BCUT2D eigenvalue weighted by molar-refractivity contribution is -0.123. The van der Waals surface area contributed by atoms with Gasteiger partial charge in [-0.1, -0.05) is 37.8 Å². The van der Waals surface area contributed by atoms with Gasteiger partial charge in [-0.15, -0.1) is 0 Å². The lowest BCUT2D eigenvalue weighted by Gasteiger charge is -2.13. The maximum absolute atomic E-state index is 11.7. The van der Waals surface area contributed by atoms with Crippen LogP contribution in [0.2, 0.25) is 5.02 Å². The molecule has 1 amide bonds. The fourth-order valence-electron chi connectivity index (χ4n) is 1.98. The van der Waals surface area contributed by atoms with E-state index in [1.165, 1.54) is 12.8 Å². The minimum absolute atomic E-state index is 0.0207. The summed E-state index contributed by atoms with van der Waals surface area (Å²) >= 11 is 9.62. The van der Waals surface area contributed by atoms with Crippen LogP contribution in [-0.2, 0) is 4.79 Å². The number of aryl methyl sites for hydroxylation is 1. The highest BCUT2D eigenvalue weighted by Gasteiger charge is 2.12. The molecule has 5 heteroatoms. The van der Waals surface area contributed by atoms with Crippen LogP contribution in [0.1, 0.15) is 43.7 Å². The molecule has 1 N–H and O–H groups in total. The zero-order chi connectivity index (χ0) is 15.8. The molecule has 0 spiro atoms. The number of hydrogen-bond acceptors (Lipinski definition) is 2. The Morgan fingerprint density at radius 3 is 2.71 bits per heavy atom. The SMILES string of the molecule is CCCCCCNC(=O)COc1cc(C)c(Cl)c(C)c1Br. The predicted molar refractivity (Wildman–Crippen MR) is 91.3 cm³/mol. The molecule has 1 aromatic carbocycles. The van der Waals surface area contributed by atoms with Gasteiger partial charge in [0.2, 0.25) is 0 Å². The summed E-state index contributed by atoms with van der Waals surface area (Å²) < 4.78 is 6.38. The molecule has 0 saturated carbocycles. The molecule has 3 nitrogen and oxygen atoms in total. The molecule has 0 aromatic heterocycles. The summed E-state index contributed by atoms with van der Waals surface area (Å²) in [7, 11) is 0. The van der Waals surface area contributed by atoms with E-state index < -0.39 is 0 Å². The van der Waals surface area contributed by atoms with Crippen LogP contribution in [0.25, 0.3) is 0 Å². The minimum atomic E-state index is -0.0938. The topological polar surface area (TPSA) is 38.3 Å². The second-order valence-corrected chi connectivity index (χ2v) is 6.31. The van der Waals surface area contributed by atoms with Gasteiger partial charge in [0.15, 0.2) is 6.61 Å². The van der Waals surface area contributed by atoms with Crippen LogP contribution in [0, 0.1) is 13.8 Å². The van der Waals surface area contributed by atoms with E-state index in [9.17, 15) is 4.79 Å². The first-order valence-corrected chi connectivity index (χ1v) is 8.49. The Labute approximate surface area is 140 Å². The number of carbonyl (C=O) groups is 1. The standard InChI is InChI=1S/C16H23BrClNO2/c1-4-5-6-7-8-19-14(20)10-21-13-9-11(2)16(18)12(3)15(13)17/h9H,4-8,10H2,1-3H3,(H,19,20). The molecule has 0 unspecified atom stereocenters. The summed E-state index contributed by atoms with van der Waals surface area (Å²) in [5, 5.41) is 3.58. The molecule has 1 rings (SSSR count). The summed E-state index contributed by atoms with van der Waals surface area (Å²) in [5.74, 6) is 0.555. The van der Waals surface area contributed by atoms with Gasteiger partial charge in [-0.3, -0.25) is 4.79 Å². The van der Waals surface area contributed by atoms with Gasteiger partial charge in [-0.25, -0.2) is 0 Å². The van der Waals surface area contributed by atoms with E-state index in [2.05, 4.69) is 28.2 Å². The fourth-order valence-corrected chi connectivity index (χ4v) is 2.67. The first-order chi connectivity index (χ1) is 9.97. The van der Waals surface area contributed by atoms with Crippen LogP contribution >= 0.6 is 27.5 Å². The second kappa shape index (κ2) is 9.31. The molecule has 0 atom stereocenters. The van der Waals surface area contributed by atoms with Gasteiger partial charge in [-0.2, -0.15) is 0 Å². The maximum Gasteiger partial charge on any atom is 0.257 e. The highest BCUT2D eigenvalue weighted by atomic mass is 79.9. The van der Waals surface area contributed by atoms with E-state index in [0.29, 0.717) is 12.3 Å². The molecule has 0 aliphatic heterocycles. The lowest BCUT2D eigenvalue weighted by atomic mass is 10.1. The van der Waals surface area contributed by atoms with Crippen molar-refractivity contribution < 1.29 is 9.53 Å². The third-order valence-corrected chi connectivity index (χ3v) is 4.85. The Morgan fingerprint density at radius 1 is 1.33 bits per heavy atom. The van der Waals surface area contributed by atoms with Crippen LogP contribution in [0.3, 0.4) is 0 Å². The molecule has 0 heterocycles. The molecule has 0 radical (unpaired) electrons. The Kier molecular flexibility index (Phi) is 8.12. The first-order valence-electron chi connectivity index (χ1n) is 7.32. The molecule has 0 aliphatic carbocycles. The summed E-state index contributed by atoms with van der Waals surface area (Å²) in [6.07, 6.45) is 4.57. The van der Waals surface area contributed by atoms with E-state index >= 15 is 0 Å². The predicted octanol–water partition coefficient (Wildman–Crippen LogP) is 4.79. The molecule has 0 fully saturated rings. The van der Waals surface area contributed by atoms with Crippen molar-refractivity contribution in [2.75, 3.05) is 13.2 Å². The van der Waals surface area contributed by atoms with Crippen molar-refractivity contribution >= 4 is 33.4 Å². The van der Waals surface area contributed by atoms with Crippen molar-refractivity contribution in [2.24, 2.45) is 0 Å². The summed E-state index contributed by atoms with van der Waals surface area (Å²) in [6.45, 7) is 6.73. The third-order valence-electron chi connectivity index (χ3n) is 3.28. The zero-order valence-corrected chi connectivity index (χ0v) is 15.2. The highest BCUT2D eigenvalue weighted by molar-refractivity contribution is 9.10.